The van der Waals surface area contributed by atoms with Crippen LogP contribution in [0.1, 0.15) is 42.9 Å². The maximum Gasteiger partial charge on any atom is 0.125 e. The van der Waals surface area contributed by atoms with Gasteiger partial charge in [-0.1, -0.05) is 19.1 Å². The largest absolute Gasteiger partial charge is 0.491 e. The first kappa shape index (κ1) is 15.3. The van der Waals surface area contributed by atoms with E-state index in [0.29, 0.717) is 13.2 Å². The summed E-state index contributed by atoms with van der Waals surface area (Å²) in [5, 5.41) is 3.55. The molecule has 0 heterocycles. The molecule has 1 fully saturated rings. The predicted molar refractivity (Wildman–Crippen MR) is 82.4 cm³/mol. The van der Waals surface area contributed by atoms with E-state index in [1.807, 2.05) is 0 Å². The molecule has 1 aromatic carbocycles. The molecule has 0 radical (unpaired) electrons. The van der Waals surface area contributed by atoms with Gasteiger partial charge >= 0.3 is 0 Å². The molecule has 0 spiro atoms. The first-order valence-electron chi connectivity index (χ1n) is 7.74. The monoisotopic (exact) mass is 277 g/mol. The summed E-state index contributed by atoms with van der Waals surface area (Å²) in [5.41, 5.74) is 3.78. The van der Waals surface area contributed by atoms with Crippen LogP contribution in [0.4, 0.5) is 0 Å². The van der Waals surface area contributed by atoms with Gasteiger partial charge in [0.1, 0.15) is 12.4 Å². The third-order valence-electron chi connectivity index (χ3n) is 3.51. The lowest BCUT2D eigenvalue weighted by molar-refractivity contribution is 0.100. The summed E-state index contributed by atoms with van der Waals surface area (Å²) in [7, 11) is 0. The van der Waals surface area contributed by atoms with Gasteiger partial charge in [-0.2, -0.15) is 0 Å². The summed E-state index contributed by atoms with van der Waals surface area (Å²) in [6.45, 7) is 9.42. The van der Waals surface area contributed by atoms with Gasteiger partial charge in [-0.05, 0) is 49.8 Å². The van der Waals surface area contributed by atoms with Crippen molar-refractivity contribution in [3.8, 4) is 5.75 Å². The fraction of sp³-hybridized carbons (Fsp3) is 0.647. The highest BCUT2D eigenvalue weighted by Gasteiger charge is 2.20. The molecule has 0 aliphatic heterocycles. The molecule has 3 heteroatoms. The zero-order chi connectivity index (χ0) is 14.4. The number of rotatable bonds is 9. The van der Waals surface area contributed by atoms with E-state index in [-0.39, 0.29) is 0 Å². The molecule has 0 unspecified atom stereocenters. The molecular weight excluding hydrogens is 250 g/mol. The summed E-state index contributed by atoms with van der Waals surface area (Å²) in [4.78, 5) is 0. The highest BCUT2D eigenvalue weighted by atomic mass is 16.5. The standard InChI is InChI=1S/C17H27NO2/c1-4-7-19-8-9-20-17-13(2)10-15(11-14(17)3)12-18-16-5-6-16/h10-11,16,18H,4-9,12H2,1-3H3. The number of hydrogen-bond acceptors (Lipinski definition) is 3. The van der Waals surface area contributed by atoms with Crippen molar-refractivity contribution < 1.29 is 9.47 Å². The Kier molecular flexibility index (Phi) is 5.86. The van der Waals surface area contributed by atoms with E-state index in [2.05, 4.69) is 38.2 Å². The Bertz CT molecular complexity index is 404. The summed E-state index contributed by atoms with van der Waals surface area (Å²) in [6.07, 6.45) is 3.72. The van der Waals surface area contributed by atoms with Gasteiger partial charge in [0.2, 0.25) is 0 Å². The zero-order valence-electron chi connectivity index (χ0n) is 13.0. The second-order valence-corrected chi connectivity index (χ2v) is 5.67. The van der Waals surface area contributed by atoms with Gasteiger partial charge in [0.25, 0.3) is 0 Å². The Balaban J connectivity index is 1.84. The Labute approximate surface area is 122 Å². The van der Waals surface area contributed by atoms with Crippen LogP contribution in [0.5, 0.6) is 5.75 Å². The second-order valence-electron chi connectivity index (χ2n) is 5.67. The molecule has 20 heavy (non-hydrogen) atoms. The molecule has 1 aromatic rings. The molecule has 2 rings (SSSR count). The molecule has 1 aliphatic carbocycles. The van der Waals surface area contributed by atoms with Gasteiger partial charge in [-0.15, -0.1) is 0 Å². The van der Waals surface area contributed by atoms with Gasteiger partial charge < -0.3 is 14.8 Å². The van der Waals surface area contributed by atoms with Crippen LogP contribution < -0.4 is 10.1 Å². The van der Waals surface area contributed by atoms with Gasteiger partial charge in [0, 0.05) is 19.2 Å². The summed E-state index contributed by atoms with van der Waals surface area (Å²) in [6, 6.07) is 5.21. The average Bonchev–Trinajstić information content (AvgIpc) is 3.23. The van der Waals surface area contributed by atoms with Crippen LogP contribution in [0.2, 0.25) is 0 Å². The van der Waals surface area contributed by atoms with Crippen molar-refractivity contribution in [3.63, 3.8) is 0 Å². The van der Waals surface area contributed by atoms with Crippen LogP contribution in [-0.2, 0) is 11.3 Å². The number of aryl methyl sites for hydroxylation is 2. The van der Waals surface area contributed by atoms with Crippen molar-refractivity contribution in [2.75, 3.05) is 19.8 Å². The van der Waals surface area contributed by atoms with Crippen molar-refractivity contribution in [1.29, 1.82) is 0 Å². The first-order valence-corrected chi connectivity index (χ1v) is 7.74. The van der Waals surface area contributed by atoms with E-state index in [1.165, 1.54) is 29.5 Å². The third kappa shape index (κ3) is 4.80. The number of hydrogen-bond donors (Lipinski definition) is 1. The molecule has 1 aliphatic rings. The lowest BCUT2D eigenvalue weighted by atomic mass is 10.1. The van der Waals surface area contributed by atoms with Gasteiger partial charge in [0.05, 0.1) is 6.61 Å². The highest BCUT2D eigenvalue weighted by molar-refractivity contribution is 5.43. The van der Waals surface area contributed by atoms with Crippen LogP contribution in [0, 0.1) is 13.8 Å². The van der Waals surface area contributed by atoms with Crippen molar-refractivity contribution in [2.24, 2.45) is 0 Å². The zero-order valence-corrected chi connectivity index (χ0v) is 13.0. The third-order valence-corrected chi connectivity index (χ3v) is 3.51. The minimum atomic E-state index is 0.626. The molecule has 112 valence electrons. The van der Waals surface area contributed by atoms with E-state index in [1.54, 1.807) is 0 Å². The lowest BCUT2D eigenvalue weighted by Gasteiger charge is -2.14. The van der Waals surface area contributed by atoms with Crippen molar-refractivity contribution in [3.05, 3.63) is 28.8 Å². The van der Waals surface area contributed by atoms with E-state index in [0.717, 1.165) is 31.4 Å². The van der Waals surface area contributed by atoms with E-state index >= 15 is 0 Å². The van der Waals surface area contributed by atoms with Crippen LogP contribution in [0.25, 0.3) is 0 Å². The average molecular weight is 277 g/mol. The van der Waals surface area contributed by atoms with Crippen LogP contribution >= 0.6 is 0 Å². The maximum atomic E-state index is 5.86. The minimum absolute atomic E-state index is 0.626. The summed E-state index contributed by atoms with van der Waals surface area (Å²) in [5.74, 6) is 1.01. The van der Waals surface area contributed by atoms with E-state index in [4.69, 9.17) is 9.47 Å². The molecule has 0 bridgehead atoms. The quantitative estimate of drug-likeness (QED) is 0.702. The number of benzene rings is 1. The molecule has 0 atom stereocenters. The van der Waals surface area contributed by atoms with Gasteiger partial charge in [0.15, 0.2) is 0 Å². The lowest BCUT2D eigenvalue weighted by Crippen LogP contribution is -2.15. The van der Waals surface area contributed by atoms with Gasteiger partial charge in [-0.25, -0.2) is 0 Å². The normalized spacial score (nSPS) is 14.6. The van der Waals surface area contributed by atoms with Crippen molar-refractivity contribution in [2.45, 2.75) is 52.6 Å². The molecular formula is C17H27NO2. The topological polar surface area (TPSA) is 30.5 Å². The Morgan fingerprint density at radius 3 is 2.40 bits per heavy atom. The fourth-order valence-electron chi connectivity index (χ4n) is 2.37. The van der Waals surface area contributed by atoms with Crippen LogP contribution in [0.15, 0.2) is 12.1 Å². The Hall–Kier alpha value is -1.06. The fourth-order valence-corrected chi connectivity index (χ4v) is 2.37. The van der Waals surface area contributed by atoms with E-state index in [9.17, 15) is 0 Å². The minimum Gasteiger partial charge on any atom is -0.491 e. The molecule has 1 N–H and O–H groups in total. The Morgan fingerprint density at radius 2 is 1.80 bits per heavy atom. The molecule has 0 amide bonds. The van der Waals surface area contributed by atoms with Gasteiger partial charge in [-0.3, -0.25) is 0 Å². The summed E-state index contributed by atoms with van der Waals surface area (Å²) < 4.78 is 11.3. The maximum absolute atomic E-state index is 5.86. The van der Waals surface area contributed by atoms with E-state index < -0.39 is 0 Å². The summed E-state index contributed by atoms with van der Waals surface area (Å²) >= 11 is 0. The predicted octanol–water partition coefficient (Wildman–Crippen LogP) is 3.36. The second kappa shape index (κ2) is 7.65. The molecule has 1 saturated carbocycles. The SMILES string of the molecule is CCCOCCOc1c(C)cc(CNC2CC2)cc1C. The van der Waals surface area contributed by atoms with Crippen LogP contribution in [0.3, 0.4) is 0 Å². The molecule has 0 aromatic heterocycles. The highest BCUT2D eigenvalue weighted by Crippen LogP contribution is 2.26. The van der Waals surface area contributed by atoms with Crippen molar-refractivity contribution >= 4 is 0 Å². The first-order chi connectivity index (χ1) is 9.70. The smallest absolute Gasteiger partial charge is 0.125 e. The van der Waals surface area contributed by atoms with Crippen molar-refractivity contribution in [1.82, 2.24) is 5.32 Å². The Morgan fingerprint density at radius 1 is 1.10 bits per heavy atom. The number of ether oxygens (including phenoxy) is 2. The molecule has 0 saturated heterocycles. The molecule has 3 nitrogen and oxygen atoms in total. The number of nitrogens with one attached hydrogen (secondary N) is 1. The van der Waals surface area contributed by atoms with Crippen LogP contribution in [-0.4, -0.2) is 25.9 Å².